The minimum atomic E-state index is -3.83. The van der Waals surface area contributed by atoms with Crippen molar-refractivity contribution in [2.75, 3.05) is 24.9 Å². The highest BCUT2D eigenvalue weighted by molar-refractivity contribution is 7.92. The molecule has 3 N–H and O–H groups in total. The third-order valence-corrected chi connectivity index (χ3v) is 5.11. The number of hydrogen-bond acceptors (Lipinski definition) is 4. The van der Waals surface area contributed by atoms with E-state index in [9.17, 15) is 17.6 Å². The molecule has 0 radical (unpaired) electrons. The summed E-state index contributed by atoms with van der Waals surface area (Å²) in [5.74, 6) is -0.682. The molecule has 0 saturated carbocycles. The van der Waals surface area contributed by atoms with Gasteiger partial charge in [-0.3, -0.25) is 9.52 Å². The van der Waals surface area contributed by atoms with Crippen LogP contribution in [0.4, 0.5) is 10.1 Å². The minimum absolute atomic E-state index is 0. The molecule has 0 aliphatic carbocycles. The summed E-state index contributed by atoms with van der Waals surface area (Å²) in [6.45, 7) is 2.86. The van der Waals surface area contributed by atoms with Crippen LogP contribution in [0.15, 0.2) is 47.4 Å². The van der Waals surface area contributed by atoms with E-state index in [1.54, 1.807) is 12.1 Å². The first-order valence-electron chi connectivity index (χ1n) is 8.15. The van der Waals surface area contributed by atoms with Crippen molar-refractivity contribution < 1.29 is 17.6 Å². The van der Waals surface area contributed by atoms with Crippen LogP contribution < -0.4 is 15.4 Å². The van der Waals surface area contributed by atoms with Crippen LogP contribution in [0.5, 0.6) is 0 Å². The van der Waals surface area contributed by atoms with Crippen molar-refractivity contribution in [2.24, 2.45) is 0 Å². The summed E-state index contributed by atoms with van der Waals surface area (Å²) in [6.07, 6.45) is 0.817. The number of halogens is 2. The average molecular weight is 416 g/mol. The van der Waals surface area contributed by atoms with Crippen molar-refractivity contribution >= 4 is 34.0 Å². The van der Waals surface area contributed by atoms with Crippen molar-refractivity contribution in [3.63, 3.8) is 0 Å². The second-order valence-corrected chi connectivity index (χ2v) is 7.49. The van der Waals surface area contributed by atoms with Gasteiger partial charge < -0.3 is 10.6 Å². The molecular weight excluding hydrogens is 393 g/mol. The SMILES string of the molecule is CNCCCNC(=O)c1ccc(NS(=O)(=O)c2ccc(F)c(C)c2)cc1.Cl. The van der Waals surface area contributed by atoms with Gasteiger partial charge in [0, 0.05) is 17.8 Å². The first kappa shape index (κ1) is 22.9. The van der Waals surface area contributed by atoms with E-state index < -0.39 is 15.8 Å². The summed E-state index contributed by atoms with van der Waals surface area (Å²) in [6, 6.07) is 9.70. The van der Waals surface area contributed by atoms with Crippen LogP contribution in [0.1, 0.15) is 22.3 Å². The minimum Gasteiger partial charge on any atom is -0.352 e. The van der Waals surface area contributed by atoms with Gasteiger partial charge in [-0.1, -0.05) is 0 Å². The van der Waals surface area contributed by atoms with Gasteiger partial charge in [0.2, 0.25) is 0 Å². The summed E-state index contributed by atoms with van der Waals surface area (Å²) in [4.78, 5) is 12.0. The fourth-order valence-electron chi connectivity index (χ4n) is 2.26. The van der Waals surface area contributed by atoms with Crippen LogP contribution in [0.25, 0.3) is 0 Å². The van der Waals surface area contributed by atoms with E-state index in [1.807, 2.05) is 7.05 Å². The highest BCUT2D eigenvalue weighted by atomic mass is 35.5. The zero-order valence-corrected chi connectivity index (χ0v) is 16.7. The molecule has 1 amide bonds. The number of anilines is 1. The Bertz CT molecular complexity index is 874. The van der Waals surface area contributed by atoms with Crippen molar-refractivity contribution in [3.8, 4) is 0 Å². The third-order valence-electron chi connectivity index (χ3n) is 3.73. The zero-order valence-electron chi connectivity index (χ0n) is 15.1. The Morgan fingerprint density at radius 1 is 1.07 bits per heavy atom. The summed E-state index contributed by atoms with van der Waals surface area (Å²) in [5.41, 5.74) is 1.01. The standard InChI is InChI=1S/C18H22FN3O3S.ClH/c1-13-12-16(8-9-17(13)19)26(24,25)22-15-6-4-14(5-7-15)18(23)21-11-3-10-20-2;/h4-9,12,20,22H,3,10-11H2,1-2H3,(H,21,23);1H. The van der Waals surface area contributed by atoms with E-state index in [4.69, 9.17) is 0 Å². The molecule has 0 atom stereocenters. The number of carbonyl (C=O) groups is 1. The van der Waals surface area contributed by atoms with E-state index in [-0.39, 0.29) is 28.8 Å². The lowest BCUT2D eigenvalue weighted by molar-refractivity contribution is 0.0953. The van der Waals surface area contributed by atoms with E-state index >= 15 is 0 Å². The molecule has 0 bridgehead atoms. The molecule has 148 valence electrons. The van der Waals surface area contributed by atoms with Gasteiger partial charge in [0.1, 0.15) is 5.82 Å². The fourth-order valence-corrected chi connectivity index (χ4v) is 3.40. The van der Waals surface area contributed by atoms with E-state index in [0.29, 0.717) is 17.8 Å². The molecule has 0 unspecified atom stereocenters. The number of hydrogen-bond donors (Lipinski definition) is 3. The van der Waals surface area contributed by atoms with Crippen LogP contribution in [-0.4, -0.2) is 34.5 Å². The predicted octanol–water partition coefficient (Wildman–Crippen LogP) is 2.70. The van der Waals surface area contributed by atoms with Gasteiger partial charge in [0.15, 0.2) is 0 Å². The maximum absolute atomic E-state index is 13.3. The lowest BCUT2D eigenvalue weighted by atomic mass is 10.2. The molecule has 0 fully saturated rings. The summed E-state index contributed by atoms with van der Waals surface area (Å²) in [5, 5.41) is 5.78. The molecule has 0 saturated heterocycles. The third kappa shape index (κ3) is 6.50. The molecule has 6 nitrogen and oxygen atoms in total. The van der Waals surface area contributed by atoms with Crippen molar-refractivity contribution in [1.82, 2.24) is 10.6 Å². The number of benzene rings is 2. The van der Waals surface area contributed by atoms with Gasteiger partial charge in [0.05, 0.1) is 4.90 Å². The Hall–Kier alpha value is -2.16. The van der Waals surface area contributed by atoms with Crippen LogP contribution in [-0.2, 0) is 10.0 Å². The first-order chi connectivity index (χ1) is 12.3. The maximum atomic E-state index is 13.3. The average Bonchev–Trinajstić information content (AvgIpc) is 2.61. The molecule has 0 aliphatic heterocycles. The number of rotatable bonds is 8. The molecule has 2 aromatic carbocycles. The molecule has 2 aromatic rings. The first-order valence-corrected chi connectivity index (χ1v) is 9.63. The van der Waals surface area contributed by atoms with Crippen LogP contribution in [0.3, 0.4) is 0 Å². The largest absolute Gasteiger partial charge is 0.352 e. The van der Waals surface area contributed by atoms with E-state index in [2.05, 4.69) is 15.4 Å². The van der Waals surface area contributed by atoms with Crippen LogP contribution in [0.2, 0.25) is 0 Å². The number of amides is 1. The molecule has 0 aliphatic rings. The molecule has 0 heterocycles. The molecule has 9 heteroatoms. The van der Waals surface area contributed by atoms with Crippen molar-refractivity contribution in [1.29, 1.82) is 0 Å². The number of aryl methyl sites for hydroxylation is 1. The lowest BCUT2D eigenvalue weighted by Crippen LogP contribution is -2.26. The number of nitrogens with one attached hydrogen (secondary N) is 3. The van der Waals surface area contributed by atoms with Crippen LogP contribution in [0, 0.1) is 12.7 Å². The predicted molar refractivity (Wildman–Crippen MR) is 107 cm³/mol. The highest BCUT2D eigenvalue weighted by Gasteiger charge is 2.16. The van der Waals surface area contributed by atoms with Crippen molar-refractivity contribution in [2.45, 2.75) is 18.2 Å². The van der Waals surface area contributed by atoms with Crippen molar-refractivity contribution in [3.05, 3.63) is 59.4 Å². The van der Waals surface area contributed by atoms with Gasteiger partial charge in [-0.05, 0) is 75.0 Å². The quantitative estimate of drug-likeness (QED) is 0.578. The lowest BCUT2D eigenvalue weighted by Gasteiger charge is -2.10. The normalized spacial score (nSPS) is 10.8. The second-order valence-electron chi connectivity index (χ2n) is 5.81. The molecule has 27 heavy (non-hydrogen) atoms. The summed E-state index contributed by atoms with van der Waals surface area (Å²) >= 11 is 0. The van der Waals surface area contributed by atoms with Gasteiger partial charge in [-0.15, -0.1) is 12.4 Å². The fraction of sp³-hybridized carbons (Fsp3) is 0.278. The molecule has 0 spiro atoms. The zero-order chi connectivity index (χ0) is 19.2. The smallest absolute Gasteiger partial charge is 0.261 e. The Morgan fingerprint density at radius 2 is 1.74 bits per heavy atom. The van der Waals surface area contributed by atoms with E-state index in [0.717, 1.165) is 19.0 Å². The van der Waals surface area contributed by atoms with Gasteiger partial charge in [-0.2, -0.15) is 0 Å². The van der Waals surface area contributed by atoms with E-state index in [1.165, 1.54) is 31.2 Å². The Labute approximate surface area is 165 Å². The molecule has 0 aromatic heterocycles. The Morgan fingerprint density at radius 3 is 2.33 bits per heavy atom. The summed E-state index contributed by atoms with van der Waals surface area (Å²) in [7, 11) is -1.99. The topological polar surface area (TPSA) is 87.3 Å². The molecule has 2 rings (SSSR count). The highest BCUT2D eigenvalue weighted by Crippen LogP contribution is 2.19. The van der Waals surface area contributed by atoms with Gasteiger partial charge >= 0.3 is 0 Å². The second kappa shape index (κ2) is 10.2. The van der Waals surface area contributed by atoms with Gasteiger partial charge in [-0.25, -0.2) is 12.8 Å². The number of carbonyl (C=O) groups excluding carboxylic acids is 1. The Balaban J connectivity index is 0.00000364. The summed E-state index contributed by atoms with van der Waals surface area (Å²) < 4.78 is 40.5. The van der Waals surface area contributed by atoms with Crippen LogP contribution >= 0.6 is 12.4 Å². The maximum Gasteiger partial charge on any atom is 0.261 e. The van der Waals surface area contributed by atoms with Gasteiger partial charge in [0.25, 0.3) is 15.9 Å². The number of sulfonamides is 1. The monoisotopic (exact) mass is 415 g/mol. The Kier molecular flexibility index (Phi) is 8.68. The molecular formula is C18H23ClFN3O3S.